The highest BCUT2D eigenvalue weighted by atomic mass is 127. The van der Waals surface area contributed by atoms with Crippen molar-refractivity contribution < 1.29 is 4.92 Å². The number of nitro groups is 1. The van der Waals surface area contributed by atoms with Gasteiger partial charge in [-0.1, -0.05) is 11.6 Å². The molecule has 0 bridgehead atoms. The fourth-order valence-electron chi connectivity index (χ4n) is 0.833. The van der Waals surface area contributed by atoms with E-state index in [1.165, 1.54) is 12.1 Å². The molecular weight excluding hydrogens is 328 g/mol. The number of rotatable bonds is 2. The molecule has 0 radical (unpaired) electrons. The first kappa shape index (κ1) is 11.0. The van der Waals surface area contributed by atoms with Gasteiger partial charge < -0.3 is 0 Å². The van der Waals surface area contributed by atoms with Crippen LogP contribution in [0.4, 0.5) is 5.69 Å². The molecule has 0 atom stereocenters. The van der Waals surface area contributed by atoms with E-state index in [9.17, 15) is 10.1 Å². The predicted molar refractivity (Wildman–Crippen MR) is 60.4 cm³/mol. The van der Waals surface area contributed by atoms with Gasteiger partial charge in [-0.25, -0.2) is 0 Å². The van der Waals surface area contributed by atoms with Crippen molar-refractivity contribution in [1.82, 2.24) is 0 Å². The monoisotopic (exact) mass is 331 g/mol. The molecule has 0 aliphatic rings. The van der Waals surface area contributed by atoms with Crippen molar-refractivity contribution in [2.75, 3.05) is 0 Å². The molecular formula is C7H4Cl2INO2. The fraction of sp³-hybridized carbons (Fsp3) is 0.143. The number of halogens is 3. The number of alkyl halides is 1. The van der Waals surface area contributed by atoms with E-state index in [1.54, 1.807) is 0 Å². The molecule has 70 valence electrons. The number of non-ortho nitro benzene ring substituents is 1. The van der Waals surface area contributed by atoms with Crippen molar-refractivity contribution in [3.05, 3.63) is 36.4 Å². The zero-order valence-electron chi connectivity index (χ0n) is 6.26. The number of nitro benzene ring substituents is 1. The van der Waals surface area contributed by atoms with E-state index >= 15 is 0 Å². The van der Waals surface area contributed by atoms with Gasteiger partial charge in [0.15, 0.2) is 0 Å². The van der Waals surface area contributed by atoms with Gasteiger partial charge in [0.25, 0.3) is 5.69 Å². The molecule has 0 aliphatic heterocycles. The molecule has 0 N–H and O–H groups in total. The van der Waals surface area contributed by atoms with Gasteiger partial charge in [0, 0.05) is 21.6 Å². The van der Waals surface area contributed by atoms with E-state index in [2.05, 4.69) is 0 Å². The van der Waals surface area contributed by atoms with Gasteiger partial charge in [0.1, 0.15) is 0 Å². The summed E-state index contributed by atoms with van der Waals surface area (Å²) in [7, 11) is 0. The van der Waals surface area contributed by atoms with Crippen LogP contribution in [0.15, 0.2) is 12.1 Å². The van der Waals surface area contributed by atoms with E-state index in [-0.39, 0.29) is 11.6 Å². The molecule has 0 aliphatic carbocycles. The SMILES string of the molecule is O=[N+]([O-])c1cc(I)c(Cl)c(CCl)c1. The van der Waals surface area contributed by atoms with Gasteiger partial charge >= 0.3 is 0 Å². The summed E-state index contributed by atoms with van der Waals surface area (Å²) in [4.78, 5) is 9.98. The summed E-state index contributed by atoms with van der Waals surface area (Å²) in [5.41, 5.74) is 0.603. The van der Waals surface area contributed by atoms with Gasteiger partial charge in [-0.2, -0.15) is 0 Å². The first-order chi connectivity index (χ1) is 6.06. The molecule has 0 heterocycles. The van der Waals surface area contributed by atoms with Gasteiger partial charge in [-0.15, -0.1) is 11.6 Å². The second kappa shape index (κ2) is 4.43. The lowest BCUT2D eigenvalue weighted by Crippen LogP contribution is -1.92. The summed E-state index contributed by atoms with van der Waals surface area (Å²) in [6, 6.07) is 2.80. The molecule has 0 aromatic heterocycles. The fourth-order valence-corrected chi connectivity index (χ4v) is 1.95. The summed E-state index contributed by atoms with van der Waals surface area (Å²) in [5, 5.41) is 10.9. The summed E-state index contributed by atoms with van der Waals surface area (Å²) >= 11 is 13.4. The number of hydrogen-bond acceptors (Lipinski definition) is 2. The van der Waals surface area contributed by atoms with Crippen LogP contribution in [-0.4, -0.2) is 4.92 Å². The lowest BCUT2D eigenvalue weighted by Gasteiger charge is -2.01. The average Bonchev–Trinajstić information content (AvgIpc) is 2.09. The van der Waals surface area contributed by atoms with Gasteiger partial charge in [-0.05, 0) is 28.2 Å². The van der Waals surface area contributed by atoms with Crippen molar-refractivity contribution in [1.29, 1.82) is 0 Å². The van der Waals surface area contributed by atoms with Crippen molar-refractivity contribution in [2.24, 2.45) is 0 Å². The second-order valence-electron chi connectivity index (χ2n) is 2.29. The summed E-state index contributed by atoms with van der Waals surface area (Å²) in [6.07, 6.45) is 0. The third-order valence-corrected chi connectivity index (χ3v) is 3.35. The quantitative estimate of drug-likeness (QED) is 0.360. The minimum Gasteiger partial charge on any atom is -0.258 e. The lowest BCUT2D eigenvalue weighted by atomic mass is 10.2. The maximum Gasteiger partial charge on any atom is 0.270 e. The van der Waals surface area contributed by atoms with Crippen molar-refractivity contribution in [3.8, 4) is 0 Å². The van der Waals surface area contributed by atoms with Crippen molar-refractivity contribution in [3.63, 3.8) is 0 Å². The number of benzene rings is 1. The van der Waals surface area contributed by atoms with Crippen molar-refractivity contribution >= 4 is 51.5 Å². The molecule has 1 aromatic carbocycles. The predicted octanol–water partition coefficient (Wildman–Crippen LogP) is 3.59. The Morgan fingerprint density at radius 3 is 2.62 bits per heavy atom. The second-order valence-corrected chi connectivity index (χ2v) is 4.10. The highest BCUT2D eigenvalue weighted by Crippen LogP contribution is 2.29. The molecule has 0 unspecified atom stereocenters. The summed E-state index contributed by atoms with van der Waals surface area (Å²) in [5.74, 6) is 0.177. The smallest absolute Gasteiger partial charge is 0.258 e. The van der Waals surface area contributed by atoms with Crippen LogP contribution in [0.5, 0.6) is 0 Å². The first-order valence-corrected chi connectivity index (χ1v) is 5.23. The molecule has 3 nitrogen and oxygen atoms in total. The highest BCUT2D eigenvalue weighted by Gasteiger charge is 2.12. The van der Waals surface area contributed by atoms with E-state index in [1.807, 2.05) is 22.6 Å². The van der Waals surface area contributed by atoms with E-state index in [0.717, 1.165) is 0 Å². The number of hydrogen-bond donors (Lipinski definition) is 0. The lowest BCUT2D eigenvalue weighted by molar-refractivity contribution is -0.385. The minimum atomic E-state index is -0.464. The van der Waals surface area contributed by atoms with Crippen LogP contribution in [0.2, 0.25) is 5.02 Å². The highest BCUT2D eigenvalue weighted by molar-refractivity contribution is 14.1. The van der Waals surface area contributed by atoms with E-state index in [0.29, 0.717) is 14.2 Å². The molecule has 1 aromatic rings. The van der Waals surface area contributed by atoms with Crippen LogP contribution in [0, 0.1) is 13.7 Å². The normalized spacial score (nSPS) is 10.1. The molecule has 0 spiro atoms. The van der Waals surface area contributed by atoms with Gasteiger partial charge in [0.2, 0.25) is 0 Å². The summed E-state index contributed by atoms with van der Waals surface area (Å²) < 4.78 is 0.643. The topological polar surface area (TPSA) is 43.1 Å². The van der Waals surface area contributed by atoms with E-state index < -0.39 is 4.92 Å². The maximum absolute atomic E-state index is 10.4. The molecule has 1 rings (SSSR count). The Balaban J connectivity index is 3.30. The molecule has 6 heteroatoms. The molecule has 0 amide bonds. The Bertz CT molecular complexity index is 357. The van der Waals surface area contributed by atoms with Crippen LogP contribution < -0.4 is 0 Å². The Morgan fingerprint density at radius 1 is 1.54 bits per heavy atom. The zero-order valence-corrected chi connectivity index (χ0v) is 9.93. The molecule has 13 heavy (non-hydrogen) atoms. The third-order valence-electron chi connectivity index (χ3n) is 1.44. The molecule has 0 saturated carbocycles. The Hall–Kier alpha value is -0.0700. The Labute approximate surface area is 98.3 Å². The Morgan fingerprint density at radius 2 is 2.15 bits per heavy atom. The van der Waals surface area contributed by atoms with Crippen LogP contribution >= 0.6 is 45.8 Å². The van der Waals surface area contributed by atoms with Crippen LogP contribution in [0.25, 0.3) is 0 Å². The van der Waals surface area contributed by atoms with Crippen LogP contribution in [0.1, 0.15) is 5.56 Å². The van der Waals surface area contributed by atoms with Crippen LogP contribution in [-0.2, 0) is 5.88 Å². The molecule has 0 saturated heterocycles. The van der Waals surface area contributed by atoms with E-state index in [4.69, 9.17) is 23.2 Å². The largest absolute Gasteiger partial charge is 0.270 e. The maximum atomic E-state index is 10.4. The van der Waals surface area contributed by atoms with Crippen molar-refractivity contribution in [2.45, 2.75) is 5.88 Å². The average molecular weight is 332 g/mol. The van der Waals surface area contributed by atoms with Gasteiger partial charge in [0.05, 0.1) is 9.95 Å². The minimum absolute atomic E-state index is 0.0180. The third kappa shape index (κ3) is 2.45. The first-order valence-electron chi connectivity index (χ1n) is 3.24. The standard InChI is InChI=1S/C7H4Cl2INO2/c8-3-4-1-5(11(12)13)2-6(10)7(4)9/h1-2H,3H2. The molecule has 0 fully saturated rings. The summed E-state index contributed by atoms with van der Waals surface area (Å²) in [6.45, 7) is 0. The Kier molecular flexibility index (Phi) is 3.75. The number of nitrogens with zero attached hydrogens (tertiary/aromatic N) is 1. The van der Waals surface area contributed by atoms with Crippen LogP contribution in [0.3, 0.4) is 0 Å². The zero-order chi connectivity index (χ0) is 10.0. The van der Waals surface area contributed by atoms with Gasteiger partial charge in [-0.3, -0.25) is 10.1 Å².